The first-order valence-corrected chi connectivity index (χ1v) is 3.67. The highest BCUT2D eigenvalue weighted by Crippen LogP contribution is 2.01. The Morgan fingerprint density at radius 3 is 2.45 bits per heavy atom. The normalized spacial score (nSPS) is 15.7. The van der Waals surface area contributed by atoms with Crippen molar-refractivity contribution in [2.24, 2.45) is 5.73 Å². The number of aliphatic hydroxyl groups excluding tert-OH is 1. The molecule has 3 nitrogen and oxygen atoms in total. The molecule has 0 aliphatic rings. The fraction of sp³-hybridized carbons (Fsp3) is 0.750. The van der Waals surface area contributed by atoms with Crippen molar-refractivity contribution in [1.29, 1.82) is 0 Å². The van der Waals surface area contributed by atoms with E-state index in [4.69, 9.17) is 10.5 Å². The summed E-state index contributed by atoms with van der Waals surface area (Å²) in [6.45, 7) is 4.18. The molecule has 0 aromatic heterocycles. The van der Waals surface area contributed by atoms with Crippen molar-refractivity contribution in [2.45, 2.75) is 26.1 Å². The maximum absolute atomic E-state index is 9.40. The SMILES string of the molecule is COC(CN)[C@H](O)C=C(C)C. The van der Waals surface area contributed by atoms with Crippen LogP contribution in [0, 0.1) is 0 Å². The molecule has 0 bridgehead atoms. The monoisotopic (exact) mass is 159 g/mol. The number of rotatable bonds is 4. The summed E-state index contributed by atoms with van der Waals surface area (Å²) in [4.78, 5) is 0. The lowest BCUT2D eigenvalue weighted by molar-refractivity contribution is 0.0179. The number of ether oxygens (including phenoxy) is 1. The van der Waals surface area contributed by atoms with E-state index in [1.54, 1.807) is 13.2 Å². The van der Waals surface area contributed by atoms with E-state index in [-0.39, 0.29) is 6.10 Å². The minimum absolute atomic E-state index is 0.287. The summed E-state index contributed by atoms with van der Waals surface area (Å²) in [5.41, 5.74) is 6.41. The molecule has 3 heteroatoms. The highest BCUT2D eigenvalue weighted by Gasteiger charge is 2.13. The van der Waals surface area contributed by atoms with Gasteiger partial charge in [-0.25, -0.2) is 0 Å². The van der Waals surface area contributed by atoms with Gasteiger partial charge in [0.05, 0.1) is 12.2 Å². The molecule has 0 amide bonds. The average Bonchev–Trinajstić information content (AvgIpc) is 1.88. The van der Waals surface area contributed by atoms with Crippen LogP contribution in [-0.2, 0) is 4.74 Å². The summed E-state index contributed by atoms with van der Waals surface area (Å²) in [6.07, 6.45) is 0.862. The largest absolute Gasteiger partial charge is 0.386 e. The number of hydrogen-bond acceptors (Lipinski definition) is 3. The maximum atomic E-state index is 9.40. The summed E-state index contributed by atoms with van der Waals surface area (Å²) >= 11 is 0. The van der Waals surface area contributed by atoms with E-state index in [1.807, 2.05) is 13.8 Å². The molecule has 3 N–H and O–H groups in total. The topological polar surface area (TPSA) is 55.5 Å². The van der Waals surface area contributed by atoms with Crippen molar-refractivity contribution < 1.29 is 9.84 Å². The zero-order valence-corrected chi connectivity index (χ0v) is 7.37. The van der Waals surface area contributed by atoms with Gasteiger partial charge in [-0.1, -0.05) is 11.6 Å². The highest BCUT2D eigenvalue weighted by atomic mass is 16.5. The minimum atomic E-state index is -0.588. The van der Waals surface area contributed by atoms with Gasteiger partial charge in [-0.3, -0.25) is 0 Å². The lowest BCUT2D eigenvalue weighted by Crippen LogP contribution is -2.33. The van der Waals surface area contributed by atoms with Crippen LogP contribution in [0.5, 0.6) is 0 Å². The van der Waals surface area contributed by atoms with Crippen LogP contribution >= 0.6 is 0 Å². The van der Waals surface area contributed by atoms with E-state index >= 15 is 0 Å². The van der Waals surface area contributed by atoms with Gasteiger partial charge in [0.25, 0.3) is 0 Å². The van der Waals surface area contributed by atoms with Crippen molar-refractivity contribution in [3.63, 3.8) is 0 Å². The molecule has 11 heavy (non-hydrogen) atoms. The summed E-state index contributed by atoms with van der Waals surface area (Å²) < 4.78 is 4.94. The Bertz CT molecular complexity index is 126. The second kappa shape index (κ2) is 5.29. The highest BCUT2D eigenvalue weighted by molar-refractivity contribution is 5.00. The molecule has 0 saturated heterocycles. The summed E-state index contributed by atoms with van der Waals surface area (Å²) in [5.74, 6) is 0. The number of nitrogens with two attached hydrogens (primary N) is 1. The second-order valence-electron chi connectivity index (χ2n) is 2.74. The predicted octanol–water partition coefficient (Wildman–Crippen LogP) is 0.287. The fourth-order valence-electron chi connectivity index (χ4n) is 0.824. The van der Waals surface area contributed by atoms with Gasteiger partial charge < -0.3 is 15.6 Å². The molecule has 2 atom stereocenters. The van der Waals surface area contributed by atoms with Gasteiger partial charge in [0.1, 0.15) is 0 Å². The molecule has 0 spiro atoms. The molecule has 0 aliphatic carbocycles. The Labute approximate surface area is 67.9 Å². The molecular weight excluding hydrogens is 142 g/mol. The van der Waals surface area contributed by atoms with E-state index in [0.29, 0.717) is 6.54 Å². The van der Waals surface area contributed by atoms with E-state index in [0.717, 1.165) is 5.57 Å². The standard InChI is InChI=1S/C8H17NO2/c1-6(2)4-7(10)8(5-9)11-3/h4,7-8,10H,5,9H2,1-3H3/t7-,8?/m1/s1. The van der Waals surface area contributed by atoms with Crippen LogP contribution in [0.1, 0.15) is 13.8 Å². The third kappa shape index (κ3) is 4.14. The first kappa shape index (κ1) is 10.6. The molecule has 66 valence electrons. The van der Waals surface area contributed by atoms with Gasteiger partial charge in [-0.05, 0) is 13.8 Å². The Morgan fingerprint density at radius 1 is 1.64 bits per heavy atom. The van der Waals surface area contributed by atoms with E-state index in [2.05, 4.69) is 0 Å². The van der Waals surface area contributed by atoms with E-state index in [1.165, 1.54) is 0 Å². The van der Waals surface area contributed by atoms with Crippen LogP contribution in [0.3, 0.4) is 0 Å². The molecule has 0 saturated carbocycles. The quantitative estimate of drug-likeness (QED) is 0.579. The minimum Gasteiger partial charge on any atom is -0.386 e. The molecule has 0 aliphatic heterocycles. The molecule has 0 heterocycles. The smallest absolute Gasteiger partial charge is 0.0997 e. The van der Waals surface area contributed by atoms with Gasteiger partial charge >= 0.3 is 0 Å². The Kier molecular flexibility index (Phi) is 5.11. The summed E-state index contributed by atoms with van der Waals surface area (Å²) in [7, 11) is 1.54. The van der Waals surface area contributed by atoms with Crippen molar-refractivity contribution >= 4 is 0 Å². The number of aliphatic hydroxyl groups is 1. The lowest BCUT2D eigenvalue weighted by Gasteiger charge is -2.16. The molecule has 0 aromatic rings. The Balaban J connectivity index is 3.98. The van der Waals surface area contributed by atoms with Crippen LogP contribution < -0.4 is 5.73 Å². The van der Waals surface area contributed by atoms with Crippen molar-refractivity contribution in [1.82, 2.24) is 0 Å². The van der Waals surface area contributed by atoms with Gasteiger partial charge in [-0.15, -0.1) is 0 Å². The van der Waals surface area contributed by atoms with Gasteiger partial charge in [0.2, 0.25) is 0 Å². The lowest BCUT2D eigenvalue weighted by atomic mass is 10.1. The third-order valence-corrected chi connectivity index (χ3v) is 1.42. The molecule has 0 fully saturated rings. The summed E-state index contributed by atoms with van der Waals surface area (Å²) in [6, 6.07) is 0. The average molecular weight is 159 g/mol. The predicted molar refractivity (Wildman–Crippen MR) is 45.3 cm³/mol. The molecule has 0 rings (SSSR count). The Morgan fingerprint density at radius 2 is 2.18 bits per heavy atom. The molecular formula is C8H17NO2. The molecule has 0 radical (unpaired) electrons. The summed E-state index contributed by atoms with van der Waals surface area (Å²) in [5, 5.41) is 9.40. The third-order valence-electron chi connectivity index (χ3n) is 1.42. The zero-order chi connectivity index (χ0) is 8.85. The number of allylic oxidation sites excluding steroid dienone is 1. The van der Waals surface area contributed by atoms with E-state index < -0.39 is 6.10 Å². The first-order valence-electron chi connectivity index (χ1n) is 3.67. The van der Waals surface area contributed by atoms with Crippen molar-refractivity contribution in [2.75, 3.05) is 13.7 Å². The van der Waals surface area contributed by atoms with Crippen LogP contribution in [0.2, 0.25) is 0 Å². The first-order chi connectivity index (χ1) is 5.11. The van der Waals surface area contributed by atoms with E-state index in [9.17, 15) is 5.11 Å². The van der Waals surface area contributed by atoms with Crippen molar-refractivity contribution in [3.05, 3.63) is 11.6 Å². The fourth-order valence-corrected chi connectivity index (χ4v) is 0.824. The van der Waals surface area contributed by atoms with Crippen LogP contribution in [-0.4, -0.2) is 31.0 Å². The second-order valence-corrected chi connectivity index (χ2v) is 2.74. The van der Waals surface area contributed by atoms with Gasteiger partial charge in [-0.2, -0.15) is 0 Å². The van der Waals surface area contributed by atoms with Gasteiger partial charge in [0, 0.05) is 13.7 Å². The molecule has 1 unspecified atom stereocenters. The maximum Gasteiger partial charge on any atom is 0.0997 e. The van der Waals surface area contributed by atoms with Gasteiger partial charge in [0.15, 0.2) is 0 Å². The molecule has 0 aromatic carbocycles. The van der Waals surface area contributed by atoms with Crippen molar-refractivity contribution in [3.8, 4) is 0 Å². The number of hydrogen-bond donors (Lipinski definition) is 2. The Hall–Kier alpha value is -0.380. The number of methoxy groups -OCH3 is 1. The van der Waals surface area contributed by atoms with Crippen LogP contribution in [0.15, 0.2) is 11.6 Å². The van der Waals surface area contributed by atoms with Crippen LogP contribution in [0.4, 0.5) is 0 Å². The zero-order valence-electron chi connectivity index (χ0n) is 7.37. The van der Waals surface area contributed by atoms with Crippen LogP contribution in [0.25, 0.3) is 0 Å².